The molecule has 0 spiro atoms. The lowest BCUT2D eigenvalue weighted by Crippen LogP contribution is -2.51. The first-order valence-electron chi connectivity index (χ1n) is 10.8. The molecule has 0 atom stereocenters. The van der Waals surface area contributed by atoms with Crippen molar-refractivity contribution in [1.29, 1.82) is 0 Å². The van der Waals surface area contributed by atoms with Crippen LogP contribution in [0.4, 0.5) is 29.1 Å². The first-order valence-corrected chi connectivity index (χ1v) is 10.8. The summed E-state index contributed by atoms with van der Waals surface area (Å²) in [6.45, 7) is 0.970. The van der Waals surface area contributed by atoms with Gasteiger partial charge >= 0.3 is 6.18 Å². The third kappa shape index (κ3) is 4.69. The van der Waals surface area contributed by atoms with E-state index >= 15 is 0 Å². The molecule has 180 valence electrons. The molecule has 4 aromatic rings. The van der Waals surface area contributed by atoms with Crippen LogP contribution in [0, 0.1) is 5.82 Å². The number of carbonyl (C=O) groups excluding carboxylic acids is 1. The lowest BCUT2D eigenvalue weighted by atomic mass is 10.1. The smallest absolute Gasteiger partial charge is 0.389 e. The Morgan fingerprint density at radius 3 is 2.54 bits per heavy atom. The van der Waals surface area contributed by atoms with Gasteiger partial charge in [-0.1, -0.05) is 18.2 Å². The number of alkyl halides is 3. The van der Waals surface area contributed by atoms with Crippen LogP contribution >= 0.6 is 0 Å². The predicted octanol–water partition coefficient (Wildman–Crippen LogP) is 4.68. The van der Waals surface area contributed by atoms with E-state index in [1.807, 2.05) is 4.90 Å². The van der Waals surface area contributed by atoms with E-state index in [1.54, 1.807) is 18.2 Å². The van der Waals surface area contributed by atoms with Crippen molar-refractivity contribution in [1.82, 2.24) is 9.55 Å². The molecule has 1 fully saturated rings. The van der Waals surface area contributed by atoms with Crippen LogP contribution in [0.5, 0.6) is 0 Å². The standard InChI is InChI=1S/C25H20F4N4O2/c26-18-3-1-2-15(8-18)12-33-21-10-17(25(27,28)29)5-4-16(21)9-22(33)24(35)31-19-6-7-23(30-11-19)32-13-20(34)14-32/h1-11,20,34H,12-14H2,(H,31,35). The first-order chi connectivity index (χ1) is 16.7. The van der Waals surface area contributed by atoms with Gasteiger partial charge in [0.05, 0.1) is 23.6 Å². The van der Waals surface area contributed by atoms with Crippen LogP contribution in [0.3, 0.4) is 0 Å². The zero-order valence-corrected chi connectivity index (χ0v) is 18.3. The Morgan fingerprint density at radius 1 is 1.09 bits per heavy atom. The molecule has 1 aliphatic rings. The lowest BCUT2D eigenvalue weighted by molar-refractivity contribution is -0.137. The number of fused-ring (bicyclic) bond motifs is 1. The third-order valence-electron chi connectivity index (χ3n) is 5.89. The predicted molar refractivity (Wildman–Crippen MR) is 123 cm³/mol. The number of benzene rings is 2. The Balaban J connectivity index is 1.48. The fourth-order valence-electron chi connectivity index (χ4n) is 4.09. The number of aliphatic hydroxyl groups is 1. The highest BCUT2D eigenvalue weighted by Crippen LogP contribution is 2.33. The number of aromatic nitrogens is 2. The second-order valence-electron chi connectivity index (χ2n) is 8.44. The minimum absolute atomic E-state index is 0.000200. The number of β-amino-alcohol motifs (C(OH)–C–C–N with tert-alkyl or cyclic N) is 1. The summed E-state index contributed by atoms with van der Waals surface area (Å²) in [6.07, 6.45) is -3.46. The van der Waals surface area contributed by atoms with E-state index in [2.05, 4.69) is 10.3 Å². The number of carbonyl (C=O) groups is 1. The number of halogens is 4. The molecule has 2 aromatic heterocycles. The van der Waals surface area contributed by atoms with Crippen LogP contribution in [-0.2, 0) is 12.7 Å². The van der Waals surface area contributed by atoms with E-state index < -0.39 is 23.5 Å². The highest BCUT2D eigenvalue weighted by molar-refractivity contribution is 6.06. The van der Waals surface area contributed by atoms with Crippen LogP contribution in [-0.4, -0.2) is 39.8 Å². The molecular formula is C25H20F4N4O2. The van der Waals surface area contributed by atoms with E-state index in [9.17, 15) is 27.5 Å². The largest absolute Gasteiger partial charge is 0.416 e. The molecule has 3 heterocycles. The molecule has 0 bridgehead atoms. The molecule has 1 amide bonds. The number of nitrogens with one attached hydrogen (secondary N) is 1. The molecule has 35 heavy (non-hydrogen) atoms. The van der Waals surface area contributed by atoms with E-state index in [0.717, 1.165) is 12.1 Å². The molecule has 2 N–H and O–H groups in total. The molecule has 0 unspecified atom stereocenters. The monoisotopic (exact) mass is 484 g/mol. The van der Waals surface area contributed by atoms with Gasteiger partial charge in [-0.3, -0.25) is 4.79 Å². The number of hydrogen-bond acceptors (Lipinski definition) is 4. The summed E-state index contributed by atoms with van der Waals surface area (Å²) in [5.74, 6) is -0.366. The molecule has 5 rings (SSSR count). The van der Waals surface area contributed by atoms with Gasteiger partial charge in [0.1, 0.15) is 17.3 Å². The van der Waals surface area contributed by atoms with Crippen LogP contribution < -0.4 is 10.2 Å². The van der Waals surface area contributed by atoms with Crippen molar-refractivity contribution < 1.29 is 27.5 Å². The maximum absolute atomic E-state index is 13.8. The molecule has 0 saturated carbocycles. The summed E-state index contributed by atoms with van der Waals surface area (Å²) in [5.41, 5.74) is 0.388. The van der Waals surface area contributed by atoms with Crippen molar-refractivity contribution in [3.63, 3.8) is 0 Å². The van der Waals surface area contributed by atoms with Crippen LogP contribution in [0.2, 0.25) is 0 Å². The van der Waals surface area contributed by atoms with Gasteiger partial charge in [0.25, 0.3) is 5.91 Å². The Labute approximate surface area is 197 Å². The van der Waals surface area contributed by atoms with Crippen LogP contribution in [0.1, 0.15) is 21.6 Å². The van der Waals surface area contributed by atoms with Gasteiger partial charge in [0.2, 0.25) is 0 Å². The number of pyridine rings is 1. The van der Waals surface area contributed by atoms with E-state index in [-0.39, 0.29) is 23.9 Å². The zero-order chi connectivity index (χ0) is 24.7. The third-order valence-corrected chi connectivity index (χ3v) is 5.89. The summed E-state index contributed by atoms with van der Waals surface area (Å²) in [4.78, 5) is 19.3. The molecule has 0 radical (unpaired) electrons. The number of nitrogens with zero attached hydrogens (tertiary/aromatic N) is 3. The molecule has 1 aliphatic heterocycles. The highest BCUT2D eigenvalue weighted by atomic mass is 19.4. The summed E-state index contributed by atoms with van der Waals surface area (Å²) in [5, 5.41) is 12.6. The van der Waals surface area contributed by atoms with Gasteiger partial charge in [0.15, 0.2) is 0 Å². The van der Waals surface area contributed by atoms with Crippen molar-refractivity contribution in [2.45, 2.75) is 18.8 Å². The first kappa shape index (κ1) is 22.9. The summed E-state index contributed by atoms with van der Waals surface area (Å²) in [7, 11) is 0. The zero-order valence-electron chi connectivity index (χ0n) is 18.3. The van der Waals surface area contributed by atoms with Crippen LogP contribution in [0.25, 0.3) is 10.9 Å². The molecule has 10 heteroatoms. The van der Waals surface area contributed by atoms with Crippen molar-refractivity contribution in [3.05, 3.63) is 89.5 Å². The summed E-state index contributed by atoms with van der Waals surface area (Å²) >= 11 is 0. The minimum Gasteiger partial charge on any atom is -0.389 e. The van der Waals surface area contributed by atoms with E-state index in [1.165, 1.54) is 41.1 Å². The van der Waals surface area contributed by atoms with Crippen molar-refractivity contribution in [2.24, 2.45) is 0 Å². The molecule has 6 nitrogen and oxygen atoms in total. The minimum atomic E-state index is -4.55. The van der Waals surface area contributed by atoms with Crippen molar-refractivity contribution >= 4 is 28.3 Å². The Kier molecular flexibility index (Phi) is 5.68. The fraction of sp³-hybridized carbons (Fsp3) is 0.200. The number of amides is 1. The number of rotatable bonds is 5. The molecule has 0 aliphatic carbocycles. The van der Waals surface area contributed by atoms with Gasteiger partial charge in [-0.05, 0) is 48.0 Å². The van der Waals surface area contributed by atoms with Gasteiger partial charge in [0, 0.05) is 30.5 Å². The van der Waals surface area contributed by atoms with E-state index in [4.69, 9.17) is 0 Å². The lowest BCUT2D eigenvalue weighted by Gasteiger charge is -2.36. The van der Waals surface area contributed by atoms with Gasteiger partial charge in [-0.2, -0.15) is 13.2 Å². The second-order valence-corrected chi connectivity index (χ2v) is 8.44. The van der Waals surface area contributed by atoms with Gasteiger partial charge in [-0.25, -0.2) is 9.37 Å². The maximum atomic E-state index is 13.8. The van der Waals surface area contributed by atoms with E-state index in [0.29, 0.717) is 35.5 Å². The normalized spacial score (nSPS) is 14.3. The Bertz CT molecular complexity index is 1390. The second kappa shape index (κ2) is 8.70. The average Bonchev–Trinajstić information content (AvgIpc) is 3.15. The maximum Gasteiger partial charge on any atom is 0.416 e. The van der Waals surface area contributed by atoms with Crippen molar-refractivity contribution in [3.8, 4) is 0 Å². The molecule has 1 saturated heterocycles. The van der Waals surface area contributed by atoms with Gasteiger partial charge in [-0.15, -0.1) is 0 Å². The Hall–Kier alpha value is -3.92. The molecular weight excluding hydrogens is 464 g/mol. The van der Waals surface area contributed by atoms with Gasteiger partial charge < -0.3 is 19.9 Å². The number of hydrogen-bond donors (Lipinski definition) is 2. The number of aliphatic hydroxyl groups excluding tert-OH is 1. The fourth-order valence-corrected chi connectivity index (χ4v) is 4.09. The SMILES string of the molecule is O=C(Nc1ccc(N2CC(O)C2)nc1)c1cc2ccc(C(F)(F)F)cc2n1Cc1cccc(F)c1. The highest BCUT2D eigenvalue weighted by Gasteiger charge is 2.31. The van der Waals surface area contributed by atoms with Crippen LogP contribution in [0.15, 0.2) is 66.9 Å². The average molecular weight is 484 g/mol. The summed E-state index contributed by atoms with van der Waals surface area (Å²) < 4.78 is 55.3. The Morgan fingerprint density at radius 2 is 1.89 bits per heavy atom. The molecule has 2 aromatic carbocycles. The topological polar surface area (TPSA) is 70.4 Å². The van der Waals surface area contributed by atoms with Crippen molar-refractivity contribution in [2.75, 3.05) is 23.3 Å². The number of anilines is 2. The quantitative estimate of drug-likeness (QED) is 0.404. The summed E-state index contributed by atoms with van der Waals surface area (Å²) in [6, 6.07) is 13.8.